The van der Waals surface area contributed by atoms with E-state index in [1.54, 1.807) is 23.3 Å². The molecule has 1 amide bonds. The van der Waals surface area contributed by atoms with E-state index in [2.05, 4.69) is 33.7 Å². The molecule has 0 N–H and O–H groups in total. The molecular weight excluding hydrogens is 565 g/mol. The molecule has 1 aliphatic heterocycles. The van der Waals surface area contributed by atoms with Gasteiger partial charge >= 0.3 is 6.36 Å². The lowest BCUT2D eigenvalue weighted by Gasteiger charge is -2.12. The maximum Gasteiger partial charge on any atom is 0.573 e. The monoisotopic (exact) mass is 588 g/mol. The van der Waals surface area contributed by atoms with Gasteiger partial charge in [-0.2, -0.15) is 10.1 Å². The Hall–Kier alpha value is -4.71. The molecule has 12 heteroatoms. The van der Waals surface area contributed by atoms with Crippen molar-refractivity contribution in [3.8, 4) is 11.4 Å². The Morgan fingerprint density at radius 2 is 1.83 bits per heavy atom. The standard InChI is InChI=1S/C30H23F3N6O2S/c1-18(2)23-5-3-4-6-25(23)37-29-39(26(40)16-42-29)36-14-19-7-12-24-20(13-19)15-34-28-27(24)35-17-38(28)21-8-10-22(11-9-21)41-30(31,32)33/h3-15,17-18H,16H2,1-2H3. The van der Waals surface area contributed by atoms with Crippen LogP contribution < -0.4 is 4.74 Å². The number of benzene rings is 3. The number of hydrogen-bond acceptors (Lipinski definition) is 7. The first kappa shape index (κ1) is 27.5. The highest BCUT2D eigenvalue weighted by Crippen LogP contribution is 2.31. The number of aliphatic imine (C=N–C) groups is 1. The topological polar surface area (TPSA) is 85.0 Å². The average Bonchev–Trinajstić information content (AvgIpc) is 3.55. The molecule has 0 radical (unpaired) electrons. The van der Waals surface area contributed by atoms with Crippen molar-refractivity contribution in [3.05, 3.63) is 90.4 Å². The molecule has 2 aromatic heterocycles. The van der Waals surface area contributed by atoms with Crippen molar-refractivity contribution in [2.45, 2.75) is 26.1 Å². The number of thioether (sulfide) groups is 1. The minimum atomic E-state index is -4.76. The number of carbonyl (C=O) groups excluding carboxylic acids is 1. The third kappa shape index (κ3) is 5.57. The van der Waals surface area contributed by atoms with Gasteiger partial charge in [-0.15, -0.1) is 13.2 Å². The third-order valence-electron chi connectivity index (χ3n) is 6.59. The van der Waals surface area contributed by atoms with Crippen molar-refractivity contribution >= 4 is 56.7 Å². The molecular formula is C30H23F3N6O2S. The predicted molar refractivity (Wildman–Crippen MR) is 158 cm³/mol. The van der Waals surface area contributed by atoms with E-state index >= 15 is 0 Å². The van der Waals surface area contributed by atoms with Gasteiger partial charge in [0.25, 0.3) is 5.91 Å². The molecule has 3 aromatic carbocycles. The minimum Gasteiger partial charge on any atom is -0.406 e. The summed E-state index contributed by atoms with van der Waals surface area (Å²) in [6, 6.07) is 19.0. The van der Waals surface area contributed by atoms with Crippen LogP contribution in [0.1, 0.15) is 30.9 Å². The first-order chi connectivity index (χ1) is 20.2. The first-order valence-electron chi connectivity index (χ1n) is 13.0. The summed E-state index contributed by atoms with van der Waals surface area (Å²) >= 11 is 1.35. The zero-order chi connectivity index (χ0) is 29.4. The Bertz CT molecular complexity index is 1870. The average molecular weight is 589 g/mol. The summed E-state index contributed by atoms with van der Waals surface area (Å²) in [5.74, 6) is 0.0912. The van der Waals surface area contributed by atoms with E-state index < -0.39 is 6.36 Å². The highest BCUT2D eigenvalue weighted by molar-refractivity contribution is 8.15. The maximum absolute atomic E-state index is 12.6. The predicted octanol–water partition coefficient (Wildman–Crippen LogP) is 7.19. The quantitative estimate of drug-likeness (QED) is 0.196. The second kappa shape index (κ2) is 10.9. The van der Waals surface area contributed by atoms with Crippen LogP contribution in [-0.2, 0) is 4.79 Å². The van der Waals surface area contributed by atoms with Crippen LogP contribution in [0.3, 0.4) is 0 Å². The van der Waals surface area contributed by atoms with Crippen LogP contribution in [0, 0.1) is 0 Å². The summed E-state index contributed by atoms with van der Waals surface area (Å²) < 4.78 is 43.1. The summed E-state index contributed by atoms with van der Waals surface area (Å²) in [5, 5.41) is 7.97. The van der Waals surface area contributed by atoms with Crippen molar-refractivity contribution < 1.29 is 22.7 Å². The fraction of sp³-hybridized carbons (Fsp3) is 0.167. The summed E-state index contributed by atoms with van der Waals surface area (Å²) in [6.45, 7) is 4.20. The van der Waals surface area contributed by atoms with E-state index in [1.165, 1.54) is 41.0 Å². The molecule has 0 atom stereocenters. The maximum atomic E-state index is 12.6. The van der Waals surface area contributed by atoms with Gasteiger partial charge in [-0.1, -0.05) is 55.9 Å². The number of alkyl halides is 3. The fourth-order valence-corrected chi connectivity index (χ4v) is 5.43. The molecule has 1 saturated heterocycles. The number of nitrogens with zero attached hydrogens (tertiary/aromatic N) is 6. The number of aromatic nitrogens is 3. The van der Waals surface area contributed by atoms with Crippen LogP contribution in [0.5, 0.6) is 5.75 Å². The highest BCUT2D eigenvalue weighted by atomic mass is 32.2. The molecule has 0 saturated carbocycles. The molecule has 8 nitrogen and oxygen atoms in total. The van der Waals surface area contributed by atoms with Crippen molar-refractivity contribution in [2.24, 2.45) is 10.1 Å². The van der Waals surface area contributed by atoms with Gasteiger partial charge in [-0.05, 0) is 53.4 Å². The SMILES string of the molecule is CC(C)c1ccccc1N=C1SCC(=O)N1N=Cc1ccc2c(cnc3c2ncn3-c2ccc(OC(F)(F)F)cc2)c1. The summed E-state index contributed by atoms with van der Waals surface area (Å²) in [5.41, 5.74) is 4.44. The van der Waals surface area contributed by atoms with Gasteiger partial charge in [0.05, 0.1) is 17.7 Å². The second-order valence-electron chi connectivity index (χ2n) is 9.78. The first-order valence-corrected chi connectivity index (χ1v) is 13.9. The minimum absolute atomic E-state index is 0.148. The molecule has 0 spiro atoms. The molecule has 1 fully saturated rings. The van der Waals surface area contributed by atoms with Crippen LogP contribution in [0.15, 0.2) is 89.3 Å². The van der Waals surface area contributed by atoms with Crippen molar-refractivity contribution in [1.29, 1.82) is 0 Å². The zero-order valence-corrected chi connectivity index (χ0v) is 23.2. The summed E-state index contributed by atoms with van der Waals surface area (Å²) in [4.78, 5) is 26.4. The summed E-state index contributed by atoms with van der Waals surface area (Å²) in [7, 11) is 0. The number of amidine groups is 1. The van der Waals surface area contributed by atoms with Gasteiger partial charge in [0.1, 0.15) is 17.6 Å². The van der Waals surface area contributed by atoms with E-state index in [4.69, 9.17) is 4.99 Å². The molecule has 1 aliphatic rings. The smallest absolute Gasteiger partial charge is 0.406 e. The molecule has 6 rings (SSSR count). The van der Waals surface area contributed by atoms with E-state index in [9.17, 15) is 18.0 Å². The zero-order valence-electron chi connectivity index (χ0n) is 22.4. The molecule has 0 bridgehead atoms. The lowest BCUT2D eigenvalue weighted by molar-refractivity contribution is -0.274. The van der Waals surface area contributed by atoms with Crippen LogP contribution in [-0.4, -0.2) is 48.9 Å². The number of hydrogen-bond donors (Lipinski definition) is 0. The number of pyridine rings is 1. The number of hydrazone groups is 1. The normalized spacial score (nSPS) is 15.2. The Morgan fingerprint density at radius 1 is 1.05 bits per heavy atom. The lowest BCUT2D eigenvalue weighted by atomic mass is 10.0. The number of fused-ring (bicyclic) bond motifs is 3. The van der Waals surface area contributed by atoms with E-state index in [0.717, 1.165) is 27.6 Å². The number of rotatable bonds is 6. The van der Waals surface area contributed by atoms with Gasteiger partial charge in [-0.3, -0.25) is 9.36 Å². The van der Waals surface area contributed by atoms with Gasteiger partial charge < -0.3 is 4.74 Å². The van der Waals surface area contributed by atoms with Crippen LogP contribution in [0.4, 0.5) is 18.9 Å². The van der Waals surface area contributed by atoms with Crippen LogP contribution >= 0.6 is 11.8 Å². The molecule has 0 aliphatic carbocycles. The largest absolute Gasteiger partial charge is 0.573 e. The molecule has 42 heavy (non-hydrogen) atoms. The molecule has 5 aromatic rings. The van der Waals surface area contributed by atoms with Crippen molar-refractivity contribution in [2.75, 3.05) is 5.75 Å². The molecule has 212 valence electrons. The summed E-state index contributed by atoms with van der Waals surface area (Å²) in [6.07, 6.45) is 0.119. The van der Waals surface area contributed by atoms with Gasteiger partial charge in [0.15, 0.2) is 10.8 Å². The van der Waals surface area contributed by atoms with Gasteiger partial charge in [0.2, 0.25) is 0 Å². The van der Waals surface area contributed by atoms with Crippen LogP contribution in [0.25, 0.3) is 27.6 Å². The molecule has 3 heterocycles. The number of ether oxygens (including phenoxy) is 1. The highest BCUT2D eigenvalue weighted by Gasteiger charge is 2.31. The van der Waals surface area contributed by atoms with Crippen LogP contribution in [0.2, 0.25) is 0 Å². The number of halogens is 3. The Kier molecular flexibility index (Phi) is 7.15. The number of carbonyl (C=O) groups is 1. The number of amides is 1. The molecule has 0 unspecified atom stereocenters. The Morgan fingerprint density at radius 3 is 2.60 bits per heavy atom. The van der Waals surface area contributed by atoms with Gasteiger partial charge in [-0.25, -0.2) is 15.0 Å². The van der Waals surface area contributed by atoms with Crippen molar-refractivity contribution in [1.82, 2.24) is 19.5 Å². The Labute approximate surface area is 242 Å². The van der Waals surface area contributed by atoms with Crippen molar-refractivity contribution in [3.63, 3.8) is 0 Å². The number of para-hydroxylation sites is 1. The lowest BCUT2D eigenvalue weighted by Crippen LogP contribution is -2.23. The second-order valence-corrected chi connectivity index (χ2v) is 10.7. The van der Waals surface area contributed by atoms with E-state index in [1.807, 2.05) is 42.5 Å². The van der Waals surface area contributed by atoms with E-state index in [-0.39, 0.29) is 23.3 Å². The van der Waals surface area contributed by atoms with E-state index in [0.29, 0.717) is 22.0 Å². The number of imidazole rings is 1. The van der Waals surface area contributed by atoms with Gasteiger partial charge in [0, 0.05) is 22.7 Å². The Balaban J connectivity index is 1.26. The fourth-order valence-electron chi connectivity index (χ4n) is 4.62. The third-order valence-corrected chi connectivity index (χ3v) is 7.50.